The Hall–Kier alpha value is -3.88. The zero-order chi connectivity index (χ0) is 24.8. The first-order valence-corrected chi connectivity index (χ1v) is 10.7. The molecule has 1 aliphatic rings. The molecular formula is C25H24BFN2O5. The summed E-state index contributed by atoms with van der Waals surface area (Å²) in [5.74, 6) is -0.600. The molecule has 0 saturated carbocycles. The summed E-state index contributed by atoms with van der Waals surface area (Å²) < 4.78 is 32.7. The molecule has 1 fully saturated rings. The van der Waals surface area contributed by atoms with Gasteiger partial charge in [-0.05, 0) is 29.2 Å². The average Bonchev–Trinajstić information content (AvgIpc) is 3.09. The molecule has 1 saturated heterocycles. The zero-order valence-electron chi connectivity index (χ0n) is 19.5. The van der Waals surface area contributed by atoms with Crippen LogP contribution in [0.25, 0.3) is 16.5 Å². The Morgan fingerprint density at radius 1 is 1.21 bits per heavy atom. The molecule has 0 amide bonds. The maximum absolute atomic E-state index is 15.1. The molecule has 4 rings (SSSR count). The van der Waals surface area contributed by atoms with Crippen molar-refractivity contribution < 1.29 is 23.2 Å². The zero-order valence-corrected chi connectivity index (χ0v) is 19.5. The van der Waals surface area contributed by atoms with Gasteiger partial charge in [-0.1, -0.05) is 46.1 Å². The number of ether oxygens (including phenoxy) is 1. The van der Waals surface area contributed by atoms with Crippen molar-refractivity contribution in [2.75, 3.05) is 0 Å². The summed E-state index contributed by atoms with van der Waals surface area (Å²) in [6.45, 7) is 14.5. The van der Waals surface area contributed by atoms with Crippen LogP contribution in [0.1, 0.15) is 38.8 Å². The standard InChI is InChI=1S/C25H24BFN2O5/c1-14-15(2)34-26(33-14)20-8-7-9-22(19(20)13-32-16(3)30)29-24(31)23-17(12-28-29)10-18(11-21(23)27)25(4,5)6/h7-12H,1-2,13H2,3-6H3. The molecule has 3 aromatic rings. The maximum atomic E-state index is 15.1. The van der Waals surface area contributed by atoms with E-state index < -0.39 is 24.5 Å². The van der Waals surface area contributed by atoms with Gasteiger partial charge < -0.3 is 14.0 Å². The van der Waals surface area contributed by atoms with Crippen molar-refractivity contribution in [2.45, 2.75) is 39.7 Å². The first kappa shape index (κ1) is 23.3. The summed E-state index contributed by atoms with van der Waals surface area (Å²) in [4.78, 5) is 25.0. The van der Waals surface area contributed by atoms with E-state index in [1.807, 2.05) is 20.8 Å². The second kappa shape index (κ2) is 8.48. The molecule has 0 N–H and O–H groups in total. The quantitative estimate of drug-likeness (QED) is 0.435. The Morgan fingerprint density at radius 2 is 1.88 bits per heavy atom. The molecule has 1 aliphatic heterocycles. The lowest BCUT2D eigenvalue weighted by molar-refractivity contribution is -0.142. The van der Waals surface area contributed by atoms with E-state index in [1.165, 1.54) is 19.2 Å². The normalized spacial score (nSPS) is 13.7. The first-order chi connectivity index (χ1) is 16.0. The molecular weight excluding hydrogens is 438 g/mol. The van der Waals surface area contributed by atoms with Crippen molar-refractivity contribution in [1.82, 2.24) is 9.78 Å². The fourth-order valence-corrected chi connectivity index (χ4v) is 3.72. The van der Waals surface area contributed by atoms with Gasteiger partial charge in [-0.15, -0.1) is 0 Å². The molecule has 0 aliphatic carbocycles. The number of carbonyl (C=O) groups is 1. The van der Waals surface area contributed by atoms with Crippen molar-refractivity contribution in [1.29, 1.82) is 0 Å². The summed E-state index contributed by atoms with van der Waals surface area (Å²) in [6.07, 6.45) is 1.45. The van der Waals surface area contributed by atoms with E-state index in [0.717, 1.165) is 10.2 Å². The monoisotopic (exact) mass is 462 g/mol. The molecule has 1 aromatic heterocycles. The largest absolute Gasteiger partial charge is 0.633 e. The Balaban J connectivity index is 1.91. The number of benzene rings is 2. The topological polar surface area (TPSA) is 79.7 Å². The lowest BCUT2D eigenvalue weighted by Gasteiger charge is -2.20. The minimum absolute atomic E-state index is 0.0815. The van der Waals surface area contributed by atoms with E-state index in [2.05, 4.69) is 18.3 Å². The molecule has 0 unspecified atom stereocenters. The highest BCUT2D eigenvalue weighted by Gasteiger charge is 2.37. The molecule has 174 valence electrons. The molecule has 2 aromatic carbocycles. The van der Waals surface area contributed by atoms with Gasteiger partial charge in [0.1, 0.15) is 23.9 Å². The van der Waals surface area contributed by atoms with Crippen LogP contribution in [0.5, 0.6) is 0 Å². The van der Waals surface area contributed by atoms with Crippen LogP contribution in [-0.2, 0) is 30.9 Å². The van der Waals surface area contributed by atoms with E-state index in [1.54, 1.807) is 24.3 Å². The summed E-state index contributed by atoms with van der Waals surface area (Å²) in [6, 6.07) is 8.16. The van der Waals surface area contributed by atoms with Crippen molar-refractivity contribution in [2.24, 2.45) is 0 Å². The number of carbonyl (C=O) groups excluding carboxylic acids is 1. The molecule has 9 heteroatoms. The summed E-state index contributed by atoms with van der Waals surface area (Å²) >= 11 is 0. The Morgan fingerprint density at radius 3 is 2.50 bits per heavy atom. The van der Waals surface area contributed by atoms with Crippen LogP contribution in [0.4, 0.5) is 4.39 Å². The minimum Gasteiger partial charge on any atom is -0.520 e. The lowest BCUT2D eigenvalue weighted by Crippen LogP contribution is -2.36. The molecule has 34 heavy (non-hydrogen) atoms. The molecule has 7 nitrogen and oxygen atoms in total. The Labute approximate surface area is 196 Å². The summed E-state index contributed by atoms with van der Waals surface area (Å²) in [5, 5.41) is 4.63. The van der Waals surface area contributed by atoms with Crippen molar-refractivity contribution in [3.63, 3.8) is 0 Å². The fraction of sp³-hybridized carbons (Fsp3) is 0.240. The number of halogens is 1. The third-order valence-electron chi connectivity index (χ3n) is 5.60. The summed E-state index contributed by atoms with van der Waals surface area (Å²) in [7, 11) is -0.896. The number of hydrogen-bond donors (Lipinski definition) is 0. The molecule has 0 radical (unpaired) electrons. The second-order valence-electron chi connectivity index (χ2n) is 9.07. The number of nitrogens with zero attached hydrogens (tertiary/aromatic N) is 2. The van der Waals surface area contributed by atoms with Gasteiger partial charge >= 0.3 is 13.1 Å². The van der Waals surface area contributed by atoms with E-state index in [4.69, 9.17) is 14.0 Å². The van der Waals surface area contributed by atoms with Crippen molar-refractivity contribution in [3.05, 3.63) is 88.5 Å². The highest BCUT2D eigenvalue weighted by molar-refractivity contribution is 6.63. The fourth-order valence-electron chi connectivity index (χ4n) is 3.72. The maximum Gasteiger partial charge on any atom is 0.633 e. The van der Waals surface area contributed by atoms with Crippen LogP contribution in [0.15, 0.2) is 66.0 Å². The van der Waals surface area contributed by atoms with Gasteiger partial charge in [0.25, 0.3) is 5.56 Å². The van der Waals surface area contributed by atoms with Gasteiger partial charge in [0.05, 0.1) is 17.3 Å². The molecule has 0 bridgehead atoms. The molecule has 2 heterocycles. The Bertz CT molecular complexity index is 1390. The molecule has 0 atom stereocenters. The van der Waals surface area contributed by atoms with E-state index in [-0.39, 0.29) is 28.9 Å². The highest BCUT2D eigenvalue weighted by atomic mass is 19.1. The van der Waals surface area contributed by atoms with Gasteiger partial charge in [0, 0.05) is 23.3 Å². The van der Waals surface area contributed by atoms with Crippen LogP contribution < -0.4 is 11.0 Å². The SMILES string of the molecule is C=C1OB(c2cccc(-n3ncc4cc(C(C)(C)C)cc(F)c4c3=O)c2COC(C)=O)OC1=C. The third kappa shape index (κ3) is 4.21. The molecule has 0 spiro atoms. The van der Waals surface area contributed by atoms with Gasteiger partial charge in [0.2, 0.25) is 0 Å². The predicted octanol–water partition coefficient (Wildman–Crippen LogP) is 3.65. The summed E-state index contributed by atoms with van der Waals surface area (Å²) in [5.41, 5.74) is 1.04. The van der Waals surface area contributed by atoms with Crippen molar-refractivity contribution in [3.8, 4) is 5.69 Å². The number of aromatic nitrogens is 2. The Kier molecular flexibility index (Phi) is 5.81. The number of hydrogen-bond acceptors (Lipinski definition) is 6. The second-order valence-corrected chi connectivity index (χ2v) is 9.07. The predicted molar refractivity (Wildman–Crippen MR) is 127 cm³/mol. The average molecular weight is 462 g/mol. The van der Waals surface area contributed by atoms with Crippen LogP contribution in [-0.4, -0.2) is 22.9 Å². The van der Waals surface area contributed by atoms with Gasteiger partial charge in [0.15, 0.2) is 0 Å². The van der Waals surface area contributed by atoms with Gasteiger partial charge in [-0.25, -0.2) is 4.39 Å². The highest BCUT2D eigenvalue weighted by Crippen LogP contribution is 2.27. The van der Waals surface area contributed by atoms with Crippen LogP contribution in [0.3, 0.4) is 0 Å². The lowest BCUT2D eigenvalue weighted by atomic mass is 9.75. The van der Waals surface area contributed by atoms with E-state index in [0.29, 0.717) is 22.1 Å². The van der Waals surface area contributed by atoms with Gasteiger partial charge in [-0.2, -0.15) is 9.78 Å². The smallest absolute Gasteiger partial charge is 0.520 e. The van der Waals surface area contributed by atoms with Crippen LogP contribution in [0, 0.1) is 5.82 Å². The number of esters is 1. The number of fused-ring (bicyclic) bond motifs is 1. The van der Waals surface area contributed by atoms with Crippen LogP contribution in [0.2, 0.25) is 0 Å². The van der Waals surface area contributed by atoms with Crippen LogP contribution >= 0.6 is 0 Å². The van der Waals surface area contributed by atoms with E-state index >= 15 is 4.39 Å². The third-order valence-corrected chi connectivity index (χ3v) is 5.60. The number of rotatable bonds is 4. The van der Waals surface area contributed by atoms with Crippen molar-refractivity contribution >= 4 is 29.3 Å². The minimum atomic E-state index is -0.896. The van der Waals surface area contributed by atoms with Gasteiger partial charge in [-0.3, -0.25) is 9.59 Å². The van der Waals surface area contributed by atoms with E-state index in [9.17, 15) is 9.59 Å². The first-order valence-electron chi connectivity index (χ1n) is 10.7.